The Kier molecular flexibility index (Phi) is 10.4. The molecule has 2 N–H and O–H groups in total. The molecule has 3 aromatic carbocycles. The summed E-state index contributed by atoms with van der Waals surface area (Å²) in [5, 5.41) is 5.46. The molecule has 12 heteroatoms. The van der Waals surface area contributed by atoms with Crippen molar-refractivity contribution in [2.75, 3.05) is 13.1 Å². The van der Waals surface area contributed by atoms with Crippen LogP contribution >= 0.6 is 0 Å². The van der Waals surface area contributed by atoms with Crippen LogP contribution in [0.5, 0.6) is 0 Å². The minimum absolute atomic E-state index is 0.00259. The van der Waals surface area contributed by atoms with E-state index in [2.05, 4.69) is 10.6 Å². The Morgan fingerprint density at radius 2 is 1.32 bits per heavy atom. The maximum Gasteiger partial charge on any atom is 0.416 e. The summed E-state index contributed by atoms with van der Waals surface area (Å²) in [7, 11) is 0. The van der Waals surface area contributed by atoms with E-state index in [0.717, 1.165) is 11.1 Å². The first-order valence-electron chi connectivity index (χ1n) is 14.1. The van der Waals surface area contributed by atoms with Gasteiger partial charge in [-0.15, -0.1) is 0 Å². The predicted molar refractivity (Wildman–Crippen MR) is 147 cm³/mol. The molecule has 44 heavy (non-hydrogen) atoms. The van der Waals surface area contributed by atoms with Gasteiger partial charge < -0.3 is 10.6 Å². The third kappa shape index (κ3) is 8.64. The summed E-state index contributed by atoms with van der Waals surface area (Å²) in [6.45, 7) is 0.868. The van der Waals surface area contributed by atoms with E-state index in [9.17, 15) is 44.7 Å². The number of carbonyl (C=O) groups is 2. The number of hydrogen-bond donors (Lipinski definition) is 2. The molecule has 1 saturated heterocycles. The summed E-state index contributed by atoms with van der Waals surface area (Å²) < 4.78 is 107. The fourth-order valence-electron chi connectivity index (χ4n) is 5.45. The van der Waals surface area contributed by atoms with Crippen LogP contribution in [0.2, 0.25) is 0 Å². The first-order valence-corrected chi connectivity index (χ1v) is 14.1. The fourth-order valence-corrected chi connectivity index (χ4v) is 5.45. The van der Waals surface area contributed by atoms with Crippen LogP contribution in [0.3, 0.4) is 0 Å². The summed E-state index contributed by atoms with van der Waals surface area (Å²) in [6.07, 6.45) is -8.37. The number of rotatable bonds is 11. The third-order valence-electron chi connectivity index (χ3n) is 7.76. The van der Waals surface area contributed by atoms with E-state index >= 15 is 0 Å². The van der Waals surface area contributed by atoms with Crippen molar-refractivity contribution < 1.29 is 44.7 Å². The number of alkyl halides is 6. The summed E-state index contributed by atoms with van der Waals surface area (Å²) in [5.41, 5.74) is -2.51. The van der Waals surface area contributed by atoms with Crippen LogP contribution in [-0.2, 0) is 17.1 Å². The molecular formula is C32H30F8N2O2. The average molecular weight is 627 g/mol. The molecule has 0 aromatic heterocycles. The van der Waals surface area contributed by atoms with Crippen LogP contribution in [0.15, 0.2) is 66.7 Å². The molecular weight excluding hydrogens is 596 g/mol. The Bertz CT molecular complexity index is 1350. The summed E-state index contributed by atoms with van der Waals surface area (Å²) in [6, 6.07) is 11.3. The number of carbonyl (C=O) groups excluding carboxylic acids is 2. The average Bonchev–Trinajstić information content (AvgIpc) is 3.50. The van der Waals surface area contributed by atoms with Gasteiger partial charge in [-0.05, 0) is 85.3 Å². The van der Waals surface area contributed by atoms with Crippen LogP contribution in [0.1, 0.15) is 70.6 Å². The molecule has 1 aliphatic rings. The lowest BCUT2D eigenvalue weighted by Crippen LogP contribution is -2.46. The molecule has 0 saturated carbocycles. The topological polar surface area (TPSA) is 58.2 Å². The largest absolute Gasteiger partial charge is 0.416 e. The van der Waals surface area contributed by atoms with Crippen LogP contribution in [0.4, 0.5) is 35.1 Å². The minimum atomic E-state index is -5.12. The van der Waals surface area contributed by atoms with Gasteiger partial charge in [-0.1, -0.05) is 30.7 Å². The highest BCUT2D eigenvalue weighted by Crippen LogP contribution is 2.36. The monoisotopic (exact) mass is 626 g/mol. The molecule has 236 valence electrons. The van der Waals surface area contributed by atoms with Crippen molar-refractivity contribution in [1.29, 1.82) is 0 Å². The number of unbranched alkanes of at least 4 members (excludes halogenated alkanes) is 1. The molecule has 0 spiro atoms. The molecule has 0 aliphatic carbocycles. The van der Waals surface area contributed by atoms with E-state index in [1.165, 1.54) is 24.3 Å². The fraction of sp³-hybridized carbons (Fsp3) is 0.375. The van der Waals surface area contributed by atoms with Crippen LogP contribution in [-0.4, -0.2) is 30.8 Å². The van der Waals surface area contributed by atoms with E-state index in [1.54, 1.807) is 24.3 Å². The highest BCUT2D eigenvalue weighted by Gasteiger charge is 2.38. The van der Waals surface area contributed by atoms with Crippen molar-refractivity contribution in [1.82, 2.24) is 10.6 Å². The molecule has 1 unspecified atom stereocenters. The lowest BCUT2D eigenvalue weighted by Gasteiger charge is -2.24. The summed E-state index contributed by atoms with van der Waals surface area (Å²) in [5.74, 6) is -3.04. The third-order valence-corrected chi connectivity index (χ3v) is 7.76. The molecule has 0 radical (unpaired) electrons. The zero-order chi connectivity index (χ0) is 32.1. The van der Waals surface area contributed by atoms with E-state index in [4.69, 9.17) is 0 Å². The predicted octanol–water partition coefficient (Wildman–Crippen LogP) is 7.67. The second-order valence-corrected chi connectivity index (χ2v) is 10.9. The Hall–Kier alpha value is -3.80. The minimum Gasteiger partial charge on any atom is -0.342 e. The van der Waals surface area contributed by atoms with Gasteiger partial charge in [-0.25, -0.2) is 8.78 Å². The normalized spacial score (nSPS) is 16.2. The number of hydrogen-bond acceptors (Lipinski definition) is 3. The van der Waals surface area contributed by atoms with Gasteiger partial charge >= 0.3 is 12.4 Å². The highest BCUT2D eigenvalue weighted by molar-refractivity contribution is 5.98. The SMILES string of the molecule is O=C(N[C@H](C(=O)CCCCC(c1ccc(F)cc1)c1ccc(F)cc1)C1CCNC1)c1cc(C(F)(F)F)cc(C(F)(F)F)c1. The van der Waals surface area contributed by atoms with E-state index < -0.39 is 64.3 Å². The molecule has 1 aliphatic heterocycles. The van der Waals surface area contributed by atoms with Gasteiger partial charge in [0.25, 0.3) is 5.91 Å². The van der Waals surface area contributed by atoms with Crippen LogP contribution in [0.25, 0.3) is 0 Å². The number of ketones is 1. The number of Topliss-reactive ketones (excluding diaryl/α,β-unsaturated/α-hetero) is 1. The molecule has 4 nitrogen and oxygen atoms in total. The van der Waals surface area contributed by atoms with E-state index in [0.29, 0.717) is 50.9 Å². The Balaban J connectivity index is 1.46. The molecule has 1 heterocycles. The zero-order valence-electron chi connectivity index (χ0n) is 23.4. The Labute approximate surface area is 248 Å². The molecule has 0 bridgehead atoms. The zero-order valence-corrected chi connectivity index (χ0v) is 23.4. The highest BCUT2D eigenvalue weighted by atomic mass is 19.4. The first kappa shape index (κ1) is 33.1. The Morgan fingerprint density at radius 3 is 1.77 bits per heavy atom. The van der Waals surface area contributed by atoms with Crippen LogP contribution in [0, 0.1) is 17.6 Å². The molecule has 1 fully saturated rings. The standard InChI is InChI=1S/C32H30F8N2O2/c33-25-9-5-19(6-10-25)27(20-7-11-26(34)12-8-20)3-1-2-4-28(43)29(21-13-14-41-18-21)42-30(44)22-15-23(31(35,36)37)17-24(16-22)32(38,39)40/h5-12,15-17,21,27,29,41H,1-4,13-14,18H2,(H,42,44)/t21?,29-/m0/s1. The van der Waals surface area contributed by atoms with Crippen molar-refractivity contribution in [3.8, 4) is 0 Å². The van der Waals surface area contributed by atoms with Crippen molar-refractivity contribution >= 4 is 11.7 Å². The van der Waals surface area contributed by atoms with Gasteiger partial charge in [-0.3, -0.25) is 9.59 Å². The van der Waals surface area contributed by atoms with Crippen molar-refractivity contribution in [2.24, 2.45) is 5.92 Å². The number of benzene rings is 3. The van der Waals surface area contributed by atoms with Gasteiger partial charge in [0.05, 0.1) is 17.2 Å². The lowest BCUT2D eigenvalue weighted by atomic mass is 9.86. The van der Waals surface area contributed by atoms with E-state index in [-0.39, 0.29) is 18.4 Å². The van der Waals surface area contributed by atoms with Gasteiger partial charge in [0.2, 0.25) is 0 Å². The van der Waals surface area contributed by atoms with Gasteiger partial charge in [-0.2, -0.15) is 26.3 Å². The molecule has 1 amide bonds. The molecule has 3 aromatic rings. The maximum atomic E-state index is 13.5. The van der Waals surface area contributed by atoms with Crippen molar-refractivity contribution in [2.45, 2.75) is 56.4 Å². The van der Waals surface area contributed by atoms with Crippen molar-refractivity contribution in [3.05, 3.63) is 106 Å². The lowest BCUT2D eigenvalue weighted by molar-refractivity contribution is -0.143. The first-order chi connectivity index (χ1) is 20.7. The number of halogens is 8. The Morgan fingerprint density at radius 1 is 0.795 bits per heavy atom. The molecule has 2 atom stereocenters. The second-order valence-electron chi connectivity index (χ2n) is 10.9. The molecule has 4 rings (SSSR count). The second kappa shape index (κ2) is 13.9. The van der Waals surface area contributed by atoms with Gasteiger partial charge in [0.1, 0.15) is 11.6 Å². The van der Waals surface area contributed by atoms with Gasteiger partial charge in [0.15, 0.2) is 5.78 Å². The quantitative estimate of drug-likeness (QED) is 0.170. The number of amides is 1. The number of nitrogens with one attached hydrogen (secondary N) is 2. The van der Waals surface area contributed by atoms with Gasteiger partial charge in [0, 0.05) is 24.4 Å². The maximum absolute atomic E-state index is 13.5. The van der Waals surface area contributed by atoms with Crippen molar-refractivity contribution in [3.63, 3.8) is 0 Å². The summed E-state index contributed by atoms with van der Waals surface area (Å²) in [4.78, 5) is 26.3. The summed E-state index contributed by atoms with van der Waals surface area (Å²) >= 11 is 0. The van der Waals surface area contributed by atoms with Crippen LogP contribution < -0.4 is 10.6 Å². The van der Waals surface area contributed by atoms with E-state index in [1.807, 2.05) is 0 Å². The smallest absolute Gasteiger partial charge is 0.342 e.